The molecule has 3 rings (SSSR count). The molecule has 0 spiro atoms. The van der Waals surface area contributed by atoms with Crippen LogP contribution in [0.5, 0.6) is 0 Å². The highest BCUT2D eigenvalue weighted by molar-refractivity contribution is 5.94. The van der Waals surface area contributed by atoms with Crippen LogP contribution in [-0.2, 0) is 6.18 Å². The van der Waals surface area contributed by atoms with E-state index in [2.05, 4.69) is 5.32 Å². The van der Waals surface area contributed by atoms with E-state index in [9.17, 15) is 22.8 Å². The zero-order valence-corrected chi connectivity index (χ0v) is 16.7. The monoisotopic (exact) mass is 414 g/mol. The number of benzene rings is 2. The van der Waals surface area contributed by atoms with Gasteiger partial charge >= 0.3 is 6.18 Å². The maximum absolute atomic E-state index is 13.0. The van der Waals surface area contributed by atoms with Gasteiger partial charge in [0.2, 0.25) is 0 Å². The molecule has 4 nitrogen and oxygen atoms in total. The van der Waals surface area contributed by atoms with Crippen LogP contribution in [0.25, 0.3) is 0 Å². The third-order valence-electron chi connectivity index (χ3n) is 4.86. The molecule has 3 aromatic rings. The highest BCUT2D eigenvalue weighted by Gasteiger charge is 2.34. The summed E-state index contributed by atoms with van der Waals surface area (Å²) < 4.78 is 39.0. The Kier molecular flexibility index (Phi) is 5.82. The summed E-state index contributed by atoms with van der Waals surface area (Å²) in [6, 6.07) is 15.5. The summed E-state index contributed by atoms with van der Waals surface area (Å²) in [4.78, 5) is 26.9. The van der Waals surface area contributed by atoms with Crippen LogP contribution in [0, 0.1) is 20.8 Å². The molecule has 0 saturated heterocycles. The summed E-state index contributed by atoms with van der Waals surface area (Å²) in [6.07, 6.45) is -4.70. The van der Waals surface area contributed by atoms with Crippen LogP contribution in [0.1, 0.15) is 49.9 Å². The molecule has 156 valence electrons. The van der Waals surface area contributed by atoms with Gasteiger partial charge in [-0.25, -0.2) is 0 Å². The number of carbonyl (C=O) groups is 1. The molecular formula is C23H21F3N2O2. The van der Waals surface area contributed by atoms with Crippen molar-refractivity contribution in [2.24, 2.45) is 0 Å². The maximum atomic E-state index is 13.0. The Balaban J connectivity index is 1.99. The minimum absolute atomic E-state index is 0.227. The first-order valence-corrected chi connectivity index (χ1v) is 9.31. The lowest BCUT2D eigenvalue weighted by atomic mass is 9.96. The lowest BCUT2D eigenvalue weighted by Crippen LogP contribution is -2.34. The highest BCUT2D eigenvalue weighted by Crippen LogP contribution is 2.29. The molecule has 0 atom stereocenters. The van der Waals surface area contributed by atoms with Crippen molar-refractivity contribution in [2.45, 2.75) is 33.0 Å². The molecule has 1 aromatic heterocycles. The molecule has 0 radical (unpaired) electrons. The molecular weight excluding hydrogens is 393 g/mol. The summed E-state index contributed by atoms with van der Waals surface area (Å²) in [5.41, 5.74) is 0.828. The third-order valence-corrected chi connectivity index (χ3v) is 4.86. The normalized spacial score (nSPS) is 11.6. The van der Waals surface area contributed by atoms with Gasteiger partial charge in [0.15, 0.2) is 0 Å². The number of amides is 1. The largest absolute Gasteiger partial charge is 0.431 e. The van der Waals surface area contributed by atoms with Gasteiger partial charge in [-0.05, 0) is 43.5 Å². The van der Waals surface area contributed by atoms with E-state index >= 15 is 0 Å². The fourth-order valence-corrected chi connectivity index (χ4v) is 3.18. The van der Waals surface area contributed by atoms with Crippen molar-refractivity contribution >= 4 is 5.91 Å². The SMILES string of the molecule is Cc1ccc(C(NC(=O)c2cc(C)c(C(F)(F)F)[nH]c2=O)c2ccc(C)cc2)cc1. The van der Waals surface area contributed by atoms with Crippen LogP contribution < -0.4 is 10.9 Å². The van der Waals surface area contributed by atoms with Crippen molar-refractivity contribution in [2.75, 3.05) is 0 Å². The van der Waals surface area contributed by atoms with E-state index < -0.39 is 29.4 Å². The molecule has 1 amide bonds. The standard InChI is InChI=1S/C23H21F3N2O2/c1-13-4-8-16(9-5-13)19(17-10-6-14(2)7-11-17)27-21(29)18-12-15(3)20(23(24,25)26)28-22(18)30/h4-12,19H,1-3H3,(H,27,29)(H,28,30). The number of nitrogens with one attached hydrogen (secondary N) is 2. The lowest BCUT2D eigenvalue weighted by Gasteiger charge is -2.21. The van der Waals surface area contributed by atoms with Gasteiger partial charge in [0, 0.05) is 0 Å². The van der Waals surface area contributed by atoms with E-state index in [1.165, 1.54) is 6.92 Å². The van der Waals surface area contributed by atoms with Crippen molar-refractivity contribution in [3.8, 4) is 0 Å². The topological polar surface area (TPSA) is 62.0 Å². The fourth-order valence-electron chi connectivity index (χ4n) is 3.18. The first kappa shape index (κ1) is 21.4. The maximum Gasteiger partial charge on any atom is 0.431 e. The Hall–Kier alpha value is -3.35. The predicted molar refractivity (Wildman–Crippen MR) is 108 cm³/mol. The number of rotatable bonds is 4. The van der Waals surface area contributed by atoms with Crippen molar-refractivity contribution in [3.63, 3.8) is 0 Å². The average Bonchev–Trinajstić information content (AvgIpc) is 2.68. The van der Waals surface area contributed by atoms with E-state index in [0.29, 0.717) is 0 Å². The number of halogens is 3. The lowest BCUT2D eigenvalue weighted by molar-refractivity contribution is -0.141. The van der Waals surface area contributed by atoms with Crippen LogP contribution in [0.15, 0.2) is 59.4 Å². The molecule has 0 aliphatic carbocycles. The van der Waals surface area contributed by atoms with Gasteiger partial charge < -0.3 is 10.3 Å². The number of hydrogen-bond donors (Lipinski definition) is 2. The highest BCUT2D eigenvalue weighted by atomic mass is 19.4. The summed E-state index contributed by atoms with van der Waals surface area (Å²) in [7, 11) is 0. The van der Waals surface area contributed by atoms with Crippen molar-refractivity contribution < 1.29 is 18.0 Å². The number of carbonyl (C=O) groups excluding carboxylic acids is 1. The number of alkyl halides is 3. The smallest absolute Gasteiger partial charge is 0.341 e. The number of pyridine rings is 1. The van der Waals surface area contributed by atoms with E-state index in [4.69, 9.17) is 0 Å². The quantitative estimate of drug-likeness (QED) is 0.642. The van der Waals surface area contributed by atoms with Crippen LogP contribution >= 0.6 is 0 Å². The second-order valence-electron chi connectivity index (χ2n) is 7.30. The molecule has 0 bridgehead atoms. The minimum Gasteiger partial charge on any atom is -0.341 e. The number of H-pyrrole nitrogens is 1. The van der Waals surface area contributed by atoms with E-state index in [0.717, 1.165) is 28.3 Å². The van der Waals surface area contributed by atoms with E-state index in [1.54, 1.807) is 4.98 Å². The van der Waals surface area contributed by atoms with Gasteiger partial charge in [-0.2, -0.15) is 13.2 Å². The van der Waals surface area contributed by atoms with E-state index in [1.807, 2.05) is 62.4 Å². The van der Waals surface area contributed by atoms with Crippen molar-refractivity contribution in [1.82, 2.24) is 10.3 Å². The Morgan fingerprint density at radius 3 is 1.80 bits per heavy atom. The molecule has 2 aromatic carbocycles. The van der Waals surface area contributed by atoms with Gasteiger partial charge in [-0.3, -0.25) is 9.59 Å². The van der Waals surface area contributed by atoms with Gasteiger partial charge in [0.25, 0.3) is 11.5 Å². The molecule has 2 N–H and O–H groups in total. The molecule has 0 aliphatic heterocycles. The second kappa shape index (κ2) is 8.18. The summed E-state index contributed by atoms with van der Waals surface area (Å²) in [5, 5.41) is 2.79. The van der Waals surface area contributed by atoms with E-state index in [-0.39, 0.29) is 11.1 Å². The van der Waals surface area contributed by atoms with Crippen molar-refractivity contribution in [3.05, 3.63) is 104 Å². The average molecular weight is 414 g/mol. The first-order chi connectivity index (χ1) is 14.1. The number of aromatic nitrogens is 1. The van der Waals surface area contributed by atoms with Gasteiger partial charge in [0.1, 0.15) is 11.3 Å². The van der Waals surface area contributed by atoms with Crippen LogP contribution in [0.4, 0.5) is 13.2 Å². The molecule has 0 fully saturated rings. The number of aromatic amines is 1. The molecule has 0 unspecified atom stereocenters. The molecule has 0 saturated carbocycles. The fraction of sp³-hybridized carbons (Fsp3) is 0.217. The number of aryl methyl sites for hydroxylation is 3. The van der Waals surface area contributed by atoms with Crippen LogP contribution in [0.3, 0.4) is 0 Å². The summed E-state index contributed by atoms with van der Waals surface area (Å²) >= 11 is 0. The first-order valence-electron chi connectivity index (χ1n) is 9.31. The summed E-state index contributed by atoms with van der Waals surface area (Å²) in [6.45, 7) is 5.08. The predicted octanol–water partition coefficient (Wildman–Crippen LogP) is 4.84. The van der Waals surface area contributed by atoms with Gasteiger partial charge in [0.05, 0.1) is 6.04 Å². The second-order valence-corrected chi connectivity index (χ2v) is 7.30. The zero-order chi connectivity index (χ0) is 22.1. The van der Waals surface area contributed by atoms with Crippen LogP contribution in [0.2, 0.25) is 0 Å². The molecule has 1 heterocycles. The molecule has 30 heavy (non-hydrogen) atoms. The minimum atomic E-state index is -4.70. The third kappa shape index (κ3) is 4.62. The Labute approximate surface area is 171 Å². The van der Waals surface area contributed by atoms with Gasteiger partial charge in [-0.15, -0.1) is 0 Å². The van der Waals surface area contributed by atoms with Crippen molar-refractivity contribution in [1.29, 1.82) is 0 Å². The Bertz CT molecular complexity index is 1070. The number of hydrogen-bond acceptors (Lipinski definition) is 2. The molecule has 7 heteroatoms. The summed E-state index contributed by atoms with van der Waals surface area (Å²) in [5.74, 6) is -0.751. The van der Waals surface area contributed by atoms with Gasteiger partial charge in [-0.1, -0.05) is 59.7 Å². The Morgan fingerprint density at radius 1 is 0.900 bits per heavy atom. The Morgan fingerprint density at radius 2 is 1.37 bits per heavy atom. The molecule has 0 aliphatic rings. The zero-order valence-electron chi connectivity index (χ0n) is 16.7. The van der Waals surface area contributed by atoms with Crippen LogP contribution in [-0.4, -0.2) is 10.9 Å².